The van der Waals surface area contributed by atoms with Crippen LogP contribution in [-0.4, -0.2) is 54.3 Å². The average Bonchev–Trinajstić information content (AvgIpc) is 3.52. The fraction of sp³-hybridized carbons (Fsp3) is 0.680. The molecule has 0 bridgehead atoms. The number of aryl methyl sites for hydroxylation is 1. The summed E-state index contributed by atoms with van der Waals surface area (Å²) in [5.41, 5.74) is 1.03. The summed E-state index contributed by atoms with van der Waals surface area (Å²) in [4.78, 5) is 19.5. The molecule has 5 nitrogen and oxygen atoms in total. The van der Waals surface area contributed by atoms with Gasteiger partial charge in [-0.2, -0.15) is 0 Å². The van der Waals surface area contributed by atoms with Gasteiger partial charge in [0.1, 0.15) is 0 Å². The third kappa shape index (κ3) is 5.47. The van der Waals surface area contributed by atoms with Crippen molar-refractivity contribution in [1.29, 1.82) is 0 Å². The second-order valence-corrected chi connectivity index (χ2v) is 10.8. The van der Waals surface area contributed by atoms with Crippen molar-refractivity contribution >= 4 is 27.5 Å². The maximum atomic E-state index is 12.8. The van der Waals surface area contributed by atoms with E-state index in [9.17, 15) is 4.79 Å². The van der Waals surface area contributed by atoms with E-state index in [1.54, 1.807) is 11.3 Å². The van der Waals surface area contributed by atoms with Gasteiger partial charge < -0.3 is 14.4 Å². The van der Waals surface area contributed by atoms with E-state index in [2.05, 4.69) is 11.1 Å². The Bertz CT molecular complexity index is 853. The highest BCUT2D eigenvalue weighted by atomic mass is 32.1. The summed E-state index contributed by atoms with van der Waals surface area (Å²) in [6, 6.07) is 8.19. The molecule has 3 heterocycles. The first-order valence-electron chi connectivity index (χ1n) is 12.0. The Morgan fingerprint density at radius 3 is 2.84 bits per heavy atom. The molecule has 3 fully saturated rings. The Morgan fingerprint density at radius 1 is 1.19 bits per heavy atom. The molecule has 2 aliphatic heterocycles. The lowest BCUT2D eigenvalue weighted by atomic mass is 9.78. The summed E-state index contributed by atoms with van der Waals surface area (Å²) in [6.07, 6.45) is 9.38. The zero-order valence-electron chi connectivity index (χ0n) is 18.4. The van der Waals surface area contributed by atoms with Crippen molar-refractivity contribution in [3.05, 3.63) is 29.3 Å². The van der Waals surface area contributed by atoms with Crippen molar-refractivity contribution in [1.82, 2.24) is 9.88 Å². The predicted molar refractivity (Wildman–Crippen MR) is 123 cm³/mol. The van der Waals surface area contributed by atoms with E-state index in [4.69, 9.17) is 9.47 Å². The van der Waals surface area contributed by atoms with Crippen LogP contribution in [0.2, 0.25) is 0 Å². The van der Waals surface area contributed by atoms with Crippen molar-refractivity contribution < 1.29 is 14.3 Å². The Hall–Kier alpha value is -1.50. The Labute approximate surface area is 189 Å². The van der Waals surface area contributed by atoms with Crippen molar-refractivity contribution in [3.8, 4) is 0 Å². The molecule has 1 aliphatic carbocycles. The van der Waals surface area contributed by atoms with Gasteiger partial charge >= 0.3 is 0 Å². The number of carbonyl (C=O) groups is 1. The van der Waals surface area contributed by atoms with Crippen molar-refractivity contribution in [3.63, 3.8) is 0 Å². The van der Waals surface area contributed by atoms with Crippen LogP contribution < -0.4 is 0 Å². The lowest BCUT2D eigenvalue weighted by Gasteiger charge is -2.46. The van der Waals surface area contributed by atoms with E-state index in [0.29, 0.717) is 12.3 Å². The third-order valence-electron chi connectivity index (χ3n) is 7.23. The van der Waals surface area contributed by atoms with Crippen LogP contribution in [0.15, 0.2) is 24.3 Å². The first kappa shape index (κ1) is 21.4. The van der Waals surface area contributed by atoms with Gasteiger partial charge in [-0.15, -0.1) is 11.3 Å². The standard InChI is InChI=1S/C25H34N2O3S/c28-24(8-7-23-26-21-3-1-2-4-22(21)31-23)27-13-11-25(12-14-27)17-19(10-16-30-25)9-15-29-18-20-5-6-20/h1-4,19-20H,5-18H2. The molecule has 1 atom stereocenters. The number of fused-ring (bicyclic) bond motifs is 1. The quantitative estimate of drug-likeness (QED) is 0.549. The minimum Gasteiger partial charge on any atom is -0.381 e. The van der Waals surface area contributed by atoms with Gasteiger partial charge in [0.15, 0.2) is 0 Å². The van der Waals surface area contributed by atoms with Crippen LogP contribution in [0.1, 0.15) is 56.4 Å². The van der Waals surface area contributed by atoms with E-state index >= 15 is 0 Å². The van der Waals surface area contributed by atoms with Crippen molar-refractivity contribution in [2.75, 3.05) is 32.9 Å². The average molecular weight is 443 g/mol. The largest absolute Gasteiger partial charge is 0.381 e. The number of likely N-dealkylation sites (tertiary alicyclic amines) is 1. The molecule has 1 aromatic carbocycles. The molecule has 1 saturated carbocycles. The number of ether oxygens (including phenoxy) is 2. The minimum atomic E-state index is -0.0107. The molecule has 0 N–H and O–H groups in total. The topological polar surface area (TPSA) is 51.7 Å². The number of aromatic nitrogens is 1. The fourth-order valence-electron chi connectivity index (χ4n) is 5.07. The number of rotatable bonds is 8. The van der Waals surface area contributed by atoms with Crippen molar-refractivity contribution in [2.45, 2.75) is 63.4 Å². The lowest BCUT2D eigenvalue weighted by molar-refractivity contribution is -0.148. The van der Waals surface area contributed by atoms with Gasteiger partial charge in [-0.25, -0.2) is 4.98 Å². The predicted octanol–water partition coefficient (Wildman–Crippen LogP) is 4.83. The Morgan fingerprint density at radius 2 is 2.03 bits per heavy atom. The molecular weight excluding hydrogens is 408 g/mol. The highest BCUT2D eigenvalue weighted by Crippen LogP contribution is 2.39. The van der Waals surface area contributed by atoms with Crippen LogP contribution in [0.4, 0.5) is 0 Å². The Kier molecular flexibility index (Phi) is 6.58. The number of carbonyl (C=O) groups excluding carboxylic acids is 1. The molecule has 1 unspecified atom stereocenters. The summed E-state index contributed by atoms with van der Waals surface area (Å²) in [7, 11) is 0. The maximum Gasteiger partial charge on any atom is 0.222 e. The summed E-state index contributed by atoms with van der Waals surface area (Å²) in [5, 5.41) is 1.06. The zero-order valence-corrected chi connectivity index (χ0v) is 19.2. The SMILES string of the molecule is O=C(CCc1nc2ccccc2s1)N1CCC2(CC1)CC(CCOCC1CC1)CCO2. The summed E-state index contributed by atoms with van der Waals surface area (Å²) in [6.45, 7) is 4.36. The highest BCUT2D eigenvalue weighted by Gasteiger charge is 2.40. The van der Waals surface area contributed by atoms with E-state index in [-0.39, 0.29) is 11.5 Å². The fourth-order valence-corrected chi connectivity index (χ4v) is 6.04. The summed E-state index contributed by atoms with van der Waals surface area (Å²) >= 11 is 1.70. The smallest absolute Gasteiger partial charge is 0.222 e. The van der Waals surface area contributed by atoms with Crippen molar-refractivity contribution in [2.24, 2.45) is 11.8 Å². The molecule has 0 radical (unpaired) electrons. The van der Waals surface area contributed by atoms with Gasteiger partial charge in [0.05, 0.1) is 20.8 Å². The molecule has 2 saturated heterocycles. The number of nitrogens with zero attached hydrogens (tertiary/aromatic N) is 2. The summed E-state index contributed by atoms with van der Waals surface area (Å²) in [5.74, 6) is 1.81. The van der Waals surface area contributed by atoms with Crippen LogP contribution >= 0.6 is 11.3 Å². The van der Waals surface area contributed by atoms with Crippen LogP contribution in [-0.2, 0) is 20.7 Å². The second-order valence-electron chi connectivity index (χ2n) is 9.65. The molecule has 1 amide bonds. The first-order valence-corrected chi connectivity index (χ1v) is 12.8. The number of amides is 1. The molecule has 5 rings (SSSR count). The van der Waals surface area contributed by atoms with E-state index in [1.165, 1.54) is 17.5 Å². The monoisotopic (exact) mass is 442 g/mol. The number of hydrogen-bond donors (Lipinski definition) is 0. The van der Waals surface area contributed by atoms with Crippen LogP contribution in [0.5, 0.6) is 0 Å². The molecule has 31 heavy (non-hydrogen) atoms. The molecule has 6 heteroatoms. The number of piperidine rings is 1. The van der Waals surface area contributed by atoms with Gasteiger partial charge in [0.2, 0.25) is 5.91 Å². The summed E-state index contributed by atoms with van der Waals surface area (Å²) < 4.78 is 13.4. The van der Waals surface area contributed by atoms with Crippen LogP contribution in [0.3, 0.4) is 0 Å². The number of benzene rings is 1. The number of para-hydroxylation sites is 1. The molecule has 3 aliphatic rings. The van der Waals surface area contributed by atoms with Gasteiger partial charge in [-0.1, -0.05) is 12.1 Å². The second kappa shape index (κ2) is 9.55. The van der Waals surface area contributed by atoms with Gasteiger partial charge in [0, 0.05) is 45.8 Å². The van der Waals surface area contributed by atoms with E-state index in [0.717, 1.165) is 87.9 Å². The van der Waals surface area contributed by atoms with E-state index in [1.807, 2.05) is 23.1 Å². The molecule has 2 aromatic rings. The van der Waals surface area contributed by atoms with Gasteiger partial charge in [0.25, 0.3) is 0 Å². The molecule has 168 valence electrons. The molecule has 1 spiro atoms. The van der Waals surface area contributed by atoms with Gasteiger partial charge in [-0.3, -0.25) is 4.79 Å². The maximum absolute atomic E-state index is 12.8. The highest BCUT2D eigenvalue weighted by molar-refractivity contribution is 7.18. The normalized spacial score (nSPS) is 23.5. The van der Waals surface area contributed by atoms with Crippen LogP contribution in [0.25, 0.3) is 10.2 Å². The zero-order chi connectivity index (χ0) is 21.1. The lowest BCUT2D eigenvalue weighted by Crippen LogP contribution is -2.50. The minimum absolute atomic E-state index is 0.0107. The van der Waals surface area contributed by atoms with Gasteiger partial charge in [-0.05, 0) is 68.9 Å². The number of hydrogen-bond acceptors (Lipinski definition) is 5. The molecule has 1 aromatic heterocycles. The Balaban J connectivity index is 1.06. The number of thiazole rings is 1. The van der Waals surface area contributed by atoms with Crippen LogP contribution in [0, 0.1) is 11.8 Å². The first-order chi connectivity index (χ1) is 15.2. The van der Waals surface area contributed by atoms with E-state index < -0.39 is 0 Å². The third-order valence-corrected chi connectivity index (χ3v) is 8.33. The molecular formula is C25H34N2O3S.